The molecule has 8 nitrogen and oxygen atoms in total. The number of ether oxygens (including phenoxy) is 1. The predicted octanol–water partition coefficient (Wildman–Crippen LogP) is 4.75. The van der Waals surface area contributed by atoms with E-state index in [1.165, 1.54) is 28.9 Å². The largest absolute Gasteiger partial charge is 0.481 e. The van der Waals surface area contributed by atoms with Crippen LogP contribution in [0, 0.1) is 25.1 Å². The van der Waals surface area contributed by atoms with Crippen LogP contribution in [-0.4, -0.2) is 44.1 Å². The van der Waals surface area contributed by atoms with Gasteiger partial charge in [0.1, 0.15) is 18.0 Å². The summed E-state index contributed by atoms with van der Waals surface area (Å²) in [4.78, 5) is 24.9. The molecule has 0 saturated heterocycles. The molecule has 9 heteroatoms. The Hall–Kier alpha value is -3.72. The molecule has 0 unspecified atom stereocenters. The standard InChI is InChI=1S/C28H34FN3O5/c1-17-9-7-12-21(18(17)2)22(15-25(33)34)30-26(35)23-14-24(37-16-28(6,36)27(3,4)5)32(31-23)20-11-8-10-19(29)13-20/h7-14,22,36H,15-16H2,1-6H3,(H,30,35)(H,33,34)/t22-,28+/m0/s1. The molecule has 0 bridgehead atoms. The zero-order chi connectivity index (χ0) is 27.5. The number of hydrogen-bond acceptors (Lipinski definition) is 5. The van der Waals surface area contributed by atoms with Crippen molar-refractivity contribution in [2.24, 2.45) is 5.41 Å². The van der Waals surface area contributed by atoms with Crippen molar-refractivity contribution in [3.8, 4) is 11.6 Å². The number of carbonyl (C=O) groups is 2. The fourth-order valence-corrected chi connectivity index (χ4v) is 3.60. The van der Waals surface area contributed by atoms with Gasteiger partial charge in [-0.25, -0.2) is 9.07 Å². The van der Waals surface area contributed by atoms with Crippen LogP contribution in [0.2, 0.25) is 0 Å². The average molecular weight is 512 g/mol. The minimum atomic E-state index is -1.22. The quantitative estimate of drug-likeness (QED) is 0.382. The molecule has 2 aromatic carbocycles. The first-order valence-corrected chi connectivity index (χ1v) is 12.0. The number of nitrogens with one attached hydrogen (secondary N) is 1. The third-order valence-electron chi connectivity index (χ3n) is 6.78. The second-order valence-corrected chi connectivity index (χ2v) is 10.5. The smallest absolute Gasteiger partial charge is 0.305 e. The van der Waals surface area contributed by atoms with Crippen LogP contribution >= 0.6 is 0 Å². The lowest BCUT2D eigenvalue weighted by atomic mass is 9.78. The molecule has 0 aliphatic heterocycles. The van der Waals surface area contributed by atoms with E-state index in [0.29, 0.717) is 11.3 Å². The second kappa shape index (κ2) is 10.7. The van der Waals surface area contributed by atoms with Gasteiger partial charge in [0.15, 0.2) is 5.69 Å². The van der Waals surface area contributed by atoms with Crippen molar-refractivity contribution in [2.75, 3.05) is 6.61 Å². The minimum absolute atomic E-state index is 0.0460. The normalized spacial score (nSPS) is 14.1. The third kappa shape index (κ3) is 6.54. The number of benzene rings is 2. The highest BCUT2D eigenvalue weighted by atomic mass is 19.1. The molecule has 198 valence electrons. The number of aliphatic carboxylic acids is 1. The number of nitrogens with zero attached hydrogens (tertiary/aromatic N) is 2. The molecule has 1 amide bonds. The Kier molecular flexibility index (Phi) is 8.07. The van der Waals surface area contributed by atoms with E-state index in [1.807, 2.05) is 46.8 Å². The number of rotatable bonds is 9. The summed E-state index contributed by atoms with van der Waals surface area (Å²) in [6, 6.07) is 11.7. The zero-order valence-electron chi connectivity index (χ0n) is 22.0. The van der Waals surface area contributed by atoms with Gasteiger partial charge in [0.25, 0.3) is 5.91 Å². The number of hydrogen-bond donors (Lipinski definition) is 3. The van der Waals surface area contributed by atoms with Gasteiger partial charge in [-0.15, -0.1) is 0 Å². The summed E-state index contributed by atoms with van der Waals surface area (Å²) in [5, 5.41) is 27.4. The highest BCUT2D eigenvalue weighted by Crippen LogP contribution is 2.31. The van der Waals surface area contributed by atoms with Gasteiger partial charge < -0.3 is 20.3 Å². The molecule has 0 saturated carbocycles. The van der Waals surface area contributed by atoms with Gasteiger partial charge in [-0.1, -0.05) is 45.0 Å². The van der Waals surface area contributed by atoms with Gasteiger partial charge >= 0.3 is 5.97 Å². The molecule has 0 spiro atoms. The van der Waals surface area contributed by atoms with Crippen molar-refractivity contribution in [3.63, 3.8) is 0 Å². The molecule has 2 atom stereocenters. The Labute approximate surface area is 216 Å². The maximum atomic E-state index is 14.0. The SMILES string of the molecule is Cc1cccc([C@H](CC(=O)O)NC(=O)c2cc(OC[C@@](C)(O)C(C)(C)C)n(-c3cccc(F)c3)n2)c1C. The van der Waals surface area contributed by atoms with Gasteiger partial charge in [0.2, 0.25) is 5.88 Å². The molecular formula is C28H34FN3O5. The molecule has 3 N–H and O–H groups in total. The summed E-state index contributed by atoms with van der Waals surface area (Å²) in [7, 11) is 0. The number of carbonyl (C=O) groups excluding carboxylic acids is 1. The predicted molar refractivity (Wildman–Crippen MR) is 137 cm³/mol. The van der Waals surface area contributed by atoms with Crippen molar-refractivity contribution in [1.82, 2.24) is 15.1 Å². The first-order valence-electron chi connectivity index (χ1n) is 12.0. The van der Waals surface area contributed by atoms with Crippen molar-refractivity contribution >= 4 is 11.9 Å². The summed E-state index contributed by atoms with van der Waals surface area (Å²) >= 11 is 0. The van der Waals surface area contributed by atoms with Crippen molar-refractivity contribution in [2.45, 2.75) is 59.6 Å². The van der Waals surface area contributed by atoms with Crippen LogP contribution in [0.25, 0.3) is 5.69 Å². The maximum absolute atomic E-state index is 14.0. The number of carboxylic acid groups (broad SMARTS) is 1. The van der Waals surface area contributed by atoms with E-state index in [0.717, 1.165) is 11.1 Å². The van der Waals surface area contributed by atoms with Gasteiger partial charge in [-0.2, -0.15) is 5.10 Å². The summed E-state index contributed by atoms with van der Waals surface area (Å²) in [5.74, 6) is -2.05. The monoisotopic (exact) mass is 511 g/mol. The van der Waals surface area contributed by atoms with Crippen molar-refractivity contribution < 1.29 is 28.9 Å². The maximum Gasteiger partial charge on any atom is 0.305 e. The first kappa shape index (κ1) is 27.9. The molecule has 1 aromatic heterocycles. The third-order valence-corrected chi connectivity index (χ3v) is 6.78. The Morgan fingerprint density at radius 1 is 1.11 bits per heavy atom. The summed E-state index contributed by atoms with van der Waals surface area (Å²) in [6.07, 6.45) is -0.321. The number of carboxylic acids is 1. The highest BCUT2D eigenvalue weighted by molar-refractivity contribution is 5.93. The second-order valence-electron chi connectivity index (χ2n) is 10.5. The number of aryl methyl sites for hydroxylation is 1. The van der Waals surface area contributed by atoms with E-state index in [2.05, 4.69) is 10.4 Å². The van der Waals surface area contributed by atoms with Gasteiger partial charge in [0, 0.05) is 6.07 Å². The Morgan fingerprint density at radius 3 is 2.41 bits per heavy atom. The molecular weight excluding hydrogens is 477 g/mol. The van der Waals surface area contributed by atoms with Gasteiger partial charge in [-0.05, 0) is 61.1 Å². The lowest BCUT2D eigenvalue weighted by molar-refractivity contribution is -0.137. The van der Waals surface area contributed by atoms with E-state index in [-0.39, 0.29) is 24.6 Å². The first-order chi connectivity index (χ1) is 17.2. The Bertz CT molecular complexity index is 1290. The van der Waals surface area contributed by atoms with Crippen LogP contribution in [0.4, 0.5) is 4.39 Å². The fraction of sp³-hybridized carbons (Fsp3) is 0.393. The van der Waals surface area contributed by atoms with Gasteiger partial charge in [0.05, 0.1) is 18.2 Å². The van der Waals surface area contributed by atoms with Crippen LogP contribution in [0.15, 0.2) is 48.5 Å². The van der Waals surface area contributed by atoms with Crippen LogP contribution in [0.3, 0.4) is 0 Å². The van der Waals surface area contributed by atoms with E-state index < -0.39 is 34.8 Å². The fourth-order valence-electron chi connectivity index (χ4n) is 3.60. The number of amides is 1. The highest BCUT2D eigenvalue weighted by Gasteiger charge is 2.36. The van der Waals surface area contributed by atoms with Crippen LogP contribution in [0.5, 0.6) is 5.88 Å². The molecule has 1 heterocycles. The Morgan fingerprint density at radius 2 is 1.78 bits per heavy atom. The average Bonchev–Trinajstić information content (AvgIpc) is 3.23. The molecule has 37 heavy (non-hydrogen) atoms. The minimum Gasteiger partial charge on any atom is -0.481 e. The summed E-state index contributed by atoms with van der Waals surface area (Å²) < 4.78 is 21.2. The molecule has 3 aromatic rings. The zero-order valence-corrected chi connectivity index (χ0v) is 22.0. The molecule has 0 fully saturated rings. The number of aromatic nitrogens is 2. The van der Waals surface area contributed by atoms with Crippen LogP contribution in [0.1, 0.15) is 67.3 Å². The molecule has 0 aliphatic carbocycles. The van der Waals surface area contributed by atoms with Crippen molar-refractivity contribution in [1.29, 1.82) is 0 Å². The number of halogens is 1. The number of aliphatic hydroxyl groups is 1. The molecule has 3 rings (SSSR count). The van der Waals surface area contributed by atoms with Crippen molar-refractivity contribution in [3.05, 3.63) is 76.7 Å². The van der Waals surface area contributed by atoms with Crippen LogP contribution in [-0.2, 0) is 4.79 Å². The van der Waals surface area contributed by atoms with Gasteiger partial charge in [-0.3, -0.25) is 9.59 Å². The molecule has 0 radical (unpaired) electrons. The lowest BCUT2D eigenvalue weighted by Gasteiger charge is -2.36. The topological polar surface area (TPSA) is 114 Å². The van der Waals surface area contributed by atoms with E-state index in [9.17, 15) is 24.2 Å². The van der Waals surface area contributed by atoms with E-state index in [1.54, 1.807) is 19.1 Å². The van der Waals surface area contributed by atoms with Crippen LogP contribution < -0.4 is 10.1 Å². The lowest BCUT2D eigenvalue weighted by Crippen LogP contribution is -2.45. The summed E-state index contributed by atoms with van der Waals surface area (Å²) in [5.41, 5.74) is 1.09. The van der Waals surface area contributed by atoms with E-state index >= 15 is 0 Å². The van der Waals surface area contributed by atoms with E-state index in [4.69, 9.17) is 4.74 Å². The Balaban J connectivity index is 1.97. The molecule has 0 aliphatic rings. The summed E-state index contributed by atoms with van der Waals surface area (Å²) in [6.45, 7) is 10.9.